The minimum Gasteiger partial charge on any atom is -0.444 e. The van der Waals surface area contributed by atoms with Gasteiger partial charge in [0.25, 0.3) is 0 Å². The van der Waals surface area contributed by atoms with Crippen LogP contribution in [-0.4, -0.2) is 58.6 Å². The third-order valence-corrected chi connectivity index (χ3v) is 4.86. The molecular formula is C21H26ClN3O4. The summed E-state index contributed by atoms with van der Waals surface area (Å²) >= 11 is 6.18. The van der Waals surface area contributed by atoms with Gasteiger partial charge in [0.15, 0.2) is 11.7 Å². The summed E-state index contributed by atoms with van der Waals surface area (Å²) < 4.78 is 11.1. The van der Waals surface area contributed by atoms with Gasteiger partial charge in [-0.15, -0.1) is 0 Å². The summed E-state index contributed by atoms with van der Waals surface area (Å²) in [7, 11) is 0. The zero-order chi connectivity index (χ0) is 21.0. The minimum atomic E-state index is -0.525. The maximum Gasteiger partial charge on any atom is 0.410 e. The van der Waals surface area contributed by atoms with Crippen molar-refractivity contribution in [3.63, 3.8) is 0 Å². The zero-order valence-corrected chi connectivity index (χ0v) is 17.7. The van der Waals surface area contributed by atoms with E-state index >= 15 is 0 Å². The van der Waals surface area contributed by atoms with Crippen molar-refractivity contribution in [3.8, 4) is 11.3 Å². The number of nitrogens with zero attached hydrogens (tertiary/aromatic N) is 3. The summed E-state index contributed by atoms with van der Waals surface area (Å²) in [5.41, 5.74) is 0.251. The Balaban J connectivity index is 1.48. The molecule has 1 aliphatic heterocycles. The van der Waals surface area contributed by atoms with E-state index in [-0.39, 0.29) is 12.0 Å². The van der Waals surface area contributed by atoms with Gasteiger partial charge in [-0.1, -0.05) is 23.7 Å². The standard InChI is InChI=1S/C21H26ClN3O4/c1-21(2,3)29-20(27)25-12-10-24(11-13-25)19(26)9-8-18-23-14-17(28-18)15-6-4-5-7-16(15)22/h4-7,14H,8-13H2,1-3H3. The van der Waals surface area contributed by atoms with Gasteiger partial charge in [-0.3, -0.25) is 4.79 Å². The average molecular weight is 420 g/mol. The van der Waals surface area contributed by atoms with Crippen LogP contribution in [0.25, 0.3) is 11.3 Å². The molecule has 2 amide bonds. The van der Waals surface area contributed by atoms with Crippen LogP contribution in [0.5, 0.6) is 0 Å². The highest BCUT2D eigenvalue weighted by molar-refractivity contribution is 6.33. The van der Waals surface area contributed by atoms with E-state index in [0.717, 1.165) is 5.56 Å². The van der Waals surface area contributed by atoms with E-state index < -0.39 is 5.60 Å². The van der Waals surface area contributed by atoms with Crippen LogP contribution in [0, 0.1) is 0 Å². The van der Waals surface area contributed by atoms with Crippen molar-refractivity contribution < 1.29 is 18.7 Å². The molecule has 156 valence electrons. The lowest BCUT2D eigenvalue weighted by Crippen LogP contribution is -2.51. The Hall–Kier alpha value is -2.54. The fourth-order valence-corrected chi connectivity index (χ4v) is 3.28. The Bertz CT molecular complexity index is 867. The molecule has 1 fully saturated rings. The van der Waals surface area contributed by atoms with Crippen molar-refractivity contribution in [3.05, 3.63) is 41.4 Å². The molecular weight excluding hydrogens is 394 g/mol. The van der Waals surface area contributed by atoms with Crippen molar-refractivity contribution in [1.82, 2.24) is 14.8 Å². The molecule has 8 heteroatoms. The Morgan fingerprint density at radius 3 is 2.45 bits per heavy atom. The maximum absolute atomic E-state index is 12.5. The summed E-state index contributed by atoms with van der Waals surface area (Å²) in [6.45, 7) is 7.44. The monoisotopic (exact) mass is 419 g/mol. The predicted octanol–water partition coefficient (Wildman–Crippen LogP) is 4.01. The molecule has 1 aliphatic rings. The Kier molecular flexibility index (Phi) is 6.47. The van der Waals surface area contributed by atoms with Crippen LogP contribution in [0.15, 0.2) is 34.9 Å². The van der Waals surface area contributed by atoms with Gasteiger partial charge in [0.2, 0.25) is 5.91 Å². The molecule has 29 heavy (non-hydrogen) atoms. The fourth-order valence-electron chi connectivity index (χ4n) is 3.05. The van der Waals surface area contributed by atoms with Crippen molar-refractivity contribution in [2.24, 2.45) is 0 Å². The molecule has 2 aromatic rings. The topological polar surface area (TPSA) is 75.9 Å². The fraction of sp³-hybridized carbons (Fsp3) is 0.476. The summed E-state index contributed by atoms with van der Waals surface area (Å²) in [4.78, 5) is 32.3. The lowest BCUT2D eigenvalue weighted by molar-refractivity contribution is -0.133. The first kappa shape index (κ1) is 21.2. The van der Waals surface area contributed by atoms with Crippen LogP contribution in [0.2, 0.25) is 5.02 Å². The van der Waals surface area contributed by atoms with Gasteiger partial charge in [0.05, 0.1) is 11.2 Å². The van der Waals surface area contributed by atoms with Gasteiger partial charge in [-0.2, -0.15) is 0 Å². The van der Waals surface area contributed by atoms with Gasteiger partial charge in [-0.25, -0.2) is 9.78 Å². The van der Waals surface area contributed by atoms with Crippen LogP contribution in [0.3, 0.4) is 0 Å². The van der Waals surface area contributed by atoms with Crippen LogP contribution in [0.1, 0.15) is 33.1 Å². The van der Waals surface area contributed by atoms with Gasteiger partial charge >= 0.3 is 6.09 Å². The van der Waals surface area contributed by atoms with Gasteiger partial charge < -0.3 is 19.0 Å². The summed E-state index contributed by atoms with van der Waals surface area (Å²) in [6.07, 6.45) is 2.00. The first-order valence-corrected chi connectivity index (χ1v) is 10.1. The zero-order valence-electron chi connectivity index (χ0n) is 17.0. The normalized spacial score (nSPS) is 14.8. The highest BCUT2D eigenvalue weighted by atomic mass is 35.5. The summed E-state index contributed by atoms with van der Waals surface area (Å²) in [5.74, 6) is 1.11. The van der Waals surface area contributed by atoms with Gasteiger partial charge in [-0.05, 0) is 32.9 Å². The van der Waals surface area contributed by atoms with Crippen molar-refractivity contribution >= 4 is 23.6 Å². The second kappa shape index (κ2) is 8.86. The van der Waals surface area contributed by atoms with E-state index in [1.54, 1.807) is 22.1 Å². The highest BCUT2D eigenvalue weighted by Gasteiger charge is 2.27. The van der Waals surface area contributed by atoms with Crippen LogP contribution in [-0.2, 0) is 16.0 Å². The largest absolute Gasteiger partial charge is 0.444 e. The summed E-state index contributed by atoms with van der Waals surface area (Å²) in [5, 5.41) is 0.592. The van der Waals surface area contributed by atoms with Crippen molar-refractivity contribution in [2.75, 3.05) is 26.2 Å². The van der Waals surface area contributed by atoms with E-state index in [9.17, 15) is 9.59 Å². The maximum atomic E-state index is 12.5. The third-order valence-electron chi connectivity index (χ3n) is 4.53. The van der Waals surface area contributed by atoms with E-state index in [0.29, 0.717) is 55.7 Å². The second-order valence-corrected chi connectivity index (χ2v) is 8.35. The predicted molar refractivity (Wildman–Crippen MR) is 110 cm³/mol. The number of aryl methyl sites for hydroxylation is 1. The number of rotatable bonds is 4. The molecule has 0 unspecified atom stereocenters. The summed E-state index contributed by atoms with van der Waals surface area (Å²) in [6, 6.07) is 7.38. The SMILES string of the molecule is CC(C)(C)OC(=O)N1CCN(C(=O)CCc2ncc(-c3ccccc3Cl)o2)CC1. The second-order valence-electron chi connectivity index (χ2n) is 7.95. The molecule has 7 nitrogen and oxygen atoms in total. The molecule has 0 atom stereocenters. The molecule has 1 saturated heterocycles. The number of ether oxygens (including phenoxy) is 1. The number of piperazine rings is 1. The van der Waals surface area contributed by atoms with E-state index in [2.05, 4.69) is 4.98 Å². The Morgan fingerprint density at radius 2 is 1.79 bits per heavy atom. The molecule has 1 aromatic heterocycles. The molecule has 0 radical (unpaired) electrons. The van der Waals surface area contributed by atoms with E-state index in [1.165, 1.54) is 0 Å². The molecule has 0 spiro atoms. The Morgan fingerprint density at radius 1 is 1.14 bits per heavy atom. The van der Waals surface area contributed by atoms with Crippen molar-refractivity contribution in [1.29, 1.82) is 0 Å². The molecule has 0 saturated carbocycles. The molecule has 3 rings (SSSR count). The molecule has 1 aromatic carbocycles. The number of oxazole rings is 1. The number of amides is 2. The quantitative estimate of drug-likeness (QED) is 0.748. The smallest absolute Gasteiger partial charge is 0.410 e. The highest BCUT2D eigenvalue weighted by Crippen LogP contribution is 2.28. The van der Waals surface area contributed by atoms with Gasteiger partial charge in [0, 0.05) is 44.6 Å². The van der Waals surface area contributed by atoms with Crippen LogP contribution < -0.4 is 0 Å². The molecule has 2 heterocycles. The lowest BCUT2D eigenvalue weighted by Gasteiger charge is -2.35. The number of carbonyl (C=O) groups is 2. The molecule has 0 bridgehead atoms. The Labute approximate surface area is 175 Å². The molecule has 0 N–H and O–H groups in total. The van der Waals surface area contributed by atoms with Crippen LogP contribution in [0.4, 0.5) is 4.79 Å². The van der Waals surface area contributed by atoms with Gasteiger partial charge in [0.1, 0.15) is 5.60 Å². The van der Waals surface area contributed by atoms with E-state index in [1.807, 2.05) is 39.0 Å². The van der Waals surface area contributed by atoms with Crippen LogP contribution >= 0.6 is 11.6 Å². The number of hydrogen-bond acceptors (Lipinski definition) is 5. The molecule has 0 aliphatic carbocycles. The number of benzene rings is 1. The number of carbonyl (C=O) groups excluding carboxylic acids is 2. The van der Waals surface area contributed by atoms with Crippen molar-refractivity contribution in [2.45, 2.75) is 39.2 Å². The van der Waals surface area contributed by atoms with E-state index in [4.69, 9.17) is 20.8 Å². The third kappa shape index (κ3) is 5.73. The lowest BCUT2D eigenvalue weighted by atomic mass is 10.2. The first-order chi connectivity index (χ1) is 13.7. The number of halogens is 1. The number of aromatic nitrogens is 1. The first-order valence-electron chi connectivity index (χ1n) is 9.68. The average Bonchev–Trinajstić information content (AvgIpc) is 3.14. The minimum absolute atomic E-state index is 0.0198. The number of hydrogen-bond donors (Lipinski definition) is 0.